The number of anilines is 1. The normalized spacial score (nSPS) is 18.8. The number of rotatable bonds is 3. The molecule has 0 radical (unpaired) electrons. The number of allylic oxidation sites excluding steroid dienone is 2. The Hall–Kier alpha value is -2.96. The minimum absolute atomic E-state index is 0.0261. The van der Waals surface area contributed by atoms with Crippen molar-refractivity contribution in [2.45, 2.75) is 77.3 Å². The van der Waals surface area contributed by atoms with Gasteiger partial charge < -0.3 is 15.2 Å². The second kappa shape index (κ2) is 10.1. The highest BCUT2D eigenvalue weighted by molar-refractivity contribution is 5.97. The summed E-state index contributed by atoms with van der Waals surface area (Å²) in [5, 5.41) is 2.95. The van der Waals surface area contributed by atoms with E-state index in [1.165, 1.54) is 0 Å². The number of amides is 1. The third kappa shape index (κ3) is 5.24. The van der Waals surface area contributed by atoms with Crippen LogP contribution in [0.5, 0.6) is 0 Å². The molecule has 1 saturated carbocycles. The second-order valence-corrected chi connectivity index (χ2v) is 9.36. The Morgan fingerprint density at radius 2 is 1.88 bits per heavy atom. The molecule has 5 nitrogen and oxygen atoms in total. The van der Waals surface area contributed by atoms with Gasteiger partial charge in [0.25, 0.3) is 11.5 Å². The number of carbonyl (C=O) groups is 1. The van der Waals surface area contributed by atoms with Gasteiger partial charge in [-0.15, -0.1) is 0 Å². The summed E-state index contributed by atoms with van der Waals surface area (Å²) in [6.45, 7) is 4.73. The number of fused-ring (bicyclic) bond motifs is 2. The van der Waals surface area contributed by atoms with E-state index in [1.807, 2.05) is 32.0 Å². The summed E-state index contributed by atoms with van der Waals surface area (Å²) in [5.41, 5.74) is 4.57. The molecule has 0 saturated heterocycles. The Kier molecular flexibility index (Phi) is 7.19. The van der Waals surface area contributed by atoms with Crippen molar-refractivity contribution in [1.82, 2.24) is 10.3 Å². The van der Waals surface area contributed by atoms with Crippen LogP contribution >= 0.6 is 0 Å². The Bertz CT molecular complexity index is 1130. The van der Waals surface area contributed by atoms with Crippen LogP contribution in [0.4, 0.5) is 14.5 Å². The summed E-state index contributed by atoms with van der Waals surface area (Å²) in [5.74, 6) is -2.81. The molecule has 0 spiro atoms. The van der Waals surface area contributed by atoms with Crippen LogP contribution in [0.25, 0.3) is 0 Å². The summed E-state index contributed by atoms with van der Waals surface area (Å²) in [4.78, 5) is 30.9. The first kappa shape index (κ1) is 24.2. The Labute approximate surface area is 199 Å². The fourth-order valence-corrected chi connectivity index (χ4v) is 5.26. The van der Waals surface area contributed by atoms with Crippen molar-refractivity contribution in [2.75, 3.05) is 11.4 Å². The van der Waals surface area contributed by atoms with Gasteiger partial charge in [0.05, 0.1) is 0 Å². The van der Waals surface area contributed by atoms with Crippen molar-refractivity contribution in [2.24, 2.45) is 0 Å². The molecule has 1 fully saturated rings. The number of carbonyl (C=O) groups excluding carboxylic acids is 1. The number of aromatic amines is 1. The third-order valence-electron chi connectivity index (χ3n) is 7.03. The zero-order chi connectivity index (χ0) is 24.3. The lowest BCUT2D eigenvalue weighted by Crippen LogP contribution is -2.41. The first-order chi connectivity index (χ1) is 16.3. The molecule has 0 atom stereocenters. The Balaban J connectivity index is 1.67. The van der Waals surface area contributed by atoms with Gasteiger partial charge in [0, 0.05) is 54.5 Å². The van der Waals surface area contributed by atoms with Crippen LogP contribution in [0, 0.1) is 6.92 Å². The van der Waals surface area contributed by atoms with E-state index in [1.54, 1.807) is 6.07 Å². The molecule has 1 aromatic carbocycles. The molecule has 0 bridgehead atoms. The first-order valence-electron chi connectivity index (χ1n) is 12.2. The smallest absolute Gasteiger partial charge is 0.253 e. The topological polar surface area (TPSA) is 65.2 Å². The number of hydrogen-bond acceptors (Lipinski definition) is 3. The molecular formula is C27H33F2N3O2. The number of nitrogens with zero attached hydrogens (tertiary/aromatic N) is 1. The van der Waals surface area contributed by atoms with Crippen LogP contribution in [0.1, 0.15) is 71.8 Å². The fourth-order valence-electron chi connectivity index (χ4n) is 5.26. The fraction of sp³-hybridized carbons (Fsp3) is 0.481. The van der Waals surface area contributed by atoms with Crippen LogP contribution in [-0.4, -0.2) is 29.4 Å². The van der Waals surface area contributed by atoms with Crippen molar-refractivity contribution >= 4 is 11.6 Å². The van der Waals surface area contributed by atoms with E-state index in [-0.39, 0.29) is 36.9 Å². The second-order valence-electron chi connectivity index (χ2n) is 9.36. The van der Waals surface area contributed by atoms with E-state index in [9.17, 15) is 18.4 Å². The van der Waals surface area contributed by atoms with Crippen molar-refractivity contribution < 1.29 is 13.6 Å². The van der Waals surface area contributed by atoms with Crippen molar-refractivity contribution in [1.29, 1.82) is 0 Å². The van der Waals surface area contributed by atoms with Gasteiger partial charge >= 0.3 is 0 Å². The van der Waals surface area contributed by atoms with Crippen LogP contribution in [-0.2, 0) is 19.4 Å². The molecule has 1 aliphatic heterocycles. The molecule has 2 N–H and O–H groups in total. The van der Waals surface area contributed by atoms with Gasteiger partial charge in [0.15, 0.2) is 0 Å². The molecule has 182 valence electrons. The minimum Gasteiger partial charge on any atom is -0.369 e. The molecule has 2 heterocycles. The maximum Gasteiger partial charge on any atom is 0.253 e. The monoisotopic (exact) mass is 469 g/mol. The molecule has 34 heavy (non-hydrogen) atoms. The lowest BCUT2D eigenvalue weighted by molar-refractivity contribution is -0.0380. The van der Waals surface area contributed by atoms with Crippen molar-refractivity contribution in [3.05, 3.63) is 74.7 Å². The number of hydrogen-bond donors (Lipinski definition) is 2. The summed E-state index contributed by atoms with van der Waals surface area (Å²) in [7, 11) is 0. The van der Waals surface area contributed by atoms with Gasteiger partial charge in [-0.1, -0.05) is 18.2 Å². The van der Waals surface area contributed by atoms with Crippen LogP contribution in [0.3, 0.4) is 0 Å². The zero-order valence-electron chi connectivity index (χ0n) is 19.9. The summed E-state index contributed by atoms with van der Waals surface area (Å²) < 4.78 is 27.6. The molecule has 0 unspecified atom stereocenters. The molecular weight excluding hydrogens is 436 g/mol. The number of halogens is 2. The number of aryl methyl sites for hydroxylation is 2. The molecule has 2 aliphatic rings. The van der Waals surface area contributed by atoms with Crippen LogP contribution < -0.4 is 15.8 Å². The largest absolute Gasteiger partial charge is 0.369 e. The molecule has 4 rings (SSSR count). The van der Waals surface area contributed by atoms with Gasteiger partial charge in [-0.3, -0.25) is 9.59 Å². The highest BCUT2D eigenvalue weighted by Crippen LogP contribution is 2.38. The zero-order valence-corrected chi connectivity index (χ0v) is 19.9. The standard InChI is InChI=1S/C27H33F2N3O2/c1-3-32(20-12-14-27(28,29)15-13-20)24-11-7-10-22-21(24)9-6-4-5-8-19-16-18(2)31-26(34)23(19)17-30-25(22)33/h4,6-7,10-11,16,20H,3,5,8-9,12-15,17H2,1-2H3,(H,30,33)(H,31,34). The van der Waals surface area contributed by atoms with E-state index < -0.39 is 5.92 Å². The predicted molar refractivity (Wildman–Crippen MR) is 131 cm³/mol. The molecule has 1 aliphatic carbocycles. The molecule has 7 heteroatoms. The quantitative estimate of drug-likeness (QED) is 0.618. The van der Waals surface area contributed by atoms with E-state index in [0.29, 0.717) is 36.9 Å². The van der Waals surface area contributed by atoms with Gasteiger partial charge in [-0.2, -0.15) is 0 Å². The highest BCUT2D eigenvalue weighted by Gasteiger charge is 2.37. The van der Waals surface area contributed by atoms with E-state index in [4.69, 9.17) is 0 Å². The average Bonchev–Trinajstić information content (AvgIpc) is 2.79. The number of benzene rings is 1. The number of alkyl halides is 2. The summed E-state index contributed by atoms with van der Waals surface area (Å²) in [6, 6.07) is 7.65. The number of H-pyrrole nitrogens is 1. The summed E-state index contributed by atoms with van der Waals surface area (Å²) in [6.07, 6.45) is 6.93. The Morgan fingerprint density at radius 1 is 1.12 bits per heavy atom. The first-order valence-corrected chi connectivity index (χ1v) is 12.2. The van der Waals surface area contributed by atoms with Crippen LogP contribution in [0.2, 0.25) is 0 Å². The number of nitrogens with one attached hydrogen (secondary N) is 2. The molecule has 1 aromatic heterocycles. The lowest BCUT2D eigenvalue weighted by atomic mass is 9.89. The van der Waals surface area contributed by atoms with Gasteiger partial charge in [0.2, 0.25) is 5.92 Å². The number of aromatic nitrogens is 1. The lowest BCUT2D eigenvalue weighted by Gasteiger charge is -2.39. The molecule has 1 amide bonds. The summed E-state index contributed by atoms with van der Waals surface area (Å²) >= 11 is 0. The maximum atomic E-state index is 13.8. The van der Waals surface area contributed by atoms with Gasteiger partial charge in [-0.05, 0) is 75.3 Å². The highest BCUT2D eigenvalue weighted by atomic mass is 19.3. The van der Waals surface area contributed by atoms with E-state index >= 15 is 0 Å². The maximum absolute atomic E-state index is 13.8. The Morgan fingerprint density at radius 3 is 2.62 bits per heavy atom. The predicted octanol–water partition coefficient (Wildman–Crippen LogP) is 5.06. The SMILES string of the molecule is CCN(c1cccc2c1CC=CCCc1cc(C)[nH]c(=O)c1CNC2=O)C1CCC(F)(F)CC1. The van der Waals surface area contributed by atoms with Crippen molar-refractivity contribution in [3.8, 4) is 0 Å². The van der Waals surface area contributed by atoms with Crippen LogP contribution in [0.15, 0.2) is 41.2 Å². The number of pyridine rings is 1. The minimum atomic E-state index is -2.58. The van der Waals surface area contributed by atoms with E-state index in [2.05, 4.69) is 27.4 Å². The van der Waals surface area contributed by atoms with E-state index in [0.717, 1.165) is 35.3 Å². The average molecular weight is 470 g/mol. The van der Waals surface area contributed by atoms with Gasteiger partial charge in [-0.25, -0.2) is 8.78 Å². The molecule has 2 aromatic rings. The third-order valence-corrected chi connectivity index (χ3v) is 7.03. The van der Waals surface area contributed by atoms with Gasteiger partial charge in [0.1, 0.15) is 0 Å². The van der Waals surface area contributed by atoms with Crippen molar-refractivity contribution in [3.63, 3.8) is 0 Å².